The Labute approximate surface area is 213 Å². The summed E-state index contributed by atoms with van der Waals surface area (Å²) < 4.78 is 5.35. The summed E-state index contributed by atoms with van der Waals surface area (Å²) in [5, 5.41) is 12.9. The van der Waals surface area contributed by atoms with Crippen molar-refractivity contribution in [3.63, 3.8) is 0 Å². The second kappa shape index (κ2) is 12.0. The molecule has 3 aromatic rings. The highest BCUT2D eigenvalue weighted by atomic mass is 16.5. The molecule has 1 heterocycles. The van der Waals surface area contributed by atoms with Crippen LogP contribution in [-0.4, -0.2) is 19.2 Å². The van der Waals surface area contributed by atoms with Gasteiger partial charge in [-0.1, -0.05) is 67.9 Å². The van der Waals surface area contributed by atoms with E-state index in [0.29, 0.717) is 11.4 Å². The maximum Gasteiger partial charge on any atom is 0.127 e. The van der Waals surface area contributed by atoms with Crippen molar-refractivity contribution in [2.75, 3.05) is 7.11 Å². The zero-order valence-corrected chi connectivity index (χ0v) is 20.8. The van der Waals surface area contributed by atoms with Gasteiger partial charge in [0.2, 0.25) is 0 Å². The van der Waals surface area contributed by atoms with Gasteiger partial charge in [0.15, 0.2) is 0 Å². The fourth-order valence-corrected chi connectivity index (χ4v) is 4.56. The molecule has 4 rings (SSSR count). The minimum atomic E-state index is -0.169. The maximum absolute atomic E-state index is 11.3. The van der Waals surface area contributed by atoms with Crippen molar-refractivity contribution in [1.82, 2.24) is 5.32 Å². The molecule has 36 heavy (non-hydrogen) atoms. The first-order chi connectivity index (χ1) is 17.7. The van der Waals surface area contributed by atoms with Crippen LogP contribution in [0.1, 0.15) is 55.3 Å². The Morgan fingerprint density at radius 1 is 1.06 bits per heavy atom. The number of hydrogen-bond donors (Lipinski definition) is 1. The molecular weight excluding hydrogens is 446 g/mol. The Bertz CT molecular complexity index is 1300. The Balaban J connectivity index is 1.70. The SMILES string of the molecule is CCCCC1=C(Cc2ccc(-c3ccccc3C#N)cc2)C(c2ccc(OC)cc2)N=C(CC=O)N1. The molecule has 0 fully saturated rings. The van der Waals surface area contributed by atoms with E-state index in [1.165, 1.54) is 11.1 Å². The molecule has 1 unspecified atom stereocenters. The van der Waals surface area contributed by atoms with Crippen molar-refractivity contribution < 1.29 is 9.53 Å². The minimum absolute atomic E-state index is 0.169. The van der Waals surface area contributed by atoms with Gasteiger partial charge < -0.3 is 14.8 Å². The summed E-state index contributed by atoms with van der Waals surface area (Å²) in [6.45, 7) is 2.18. The average molecular weight is 478 g/mol. The predicted octanol–water partition coefficient (Wildman–Crippen LogP) is 6.55. The lowest BCUT2D eigenvalue weighted by Crippen LogP contribution is -2.31. The number of aliphatic imine (C=N–C) groups is 1. The van der Waals surface area contributed by atoms with Crippen LogP contribution in [0, 0.1) is 11.3 Å². The third kappa shape index (κ3) is 5.72. The van der Waals surface area contributed by atoms with Crippen LogP contribution >= 0.6 is 0 Å². The van der Waals surface area contributed by atoms with Crippen molar-refractivity contribution in [1.29, 1.82) is 5.26 Å². The smallest absolute Gasteiger partial charge is 0.127 e. The topological polar surface area (TPSA) is 74.5 Å². The van der Waals surface area contributed by atoms with Gasteiger partial charge in [-0.2, -0.15) is 5.26 Å². The quantitative estimate of drug-likeness (QED) is 0.336. The van der Waals surface area contributed by atoms with E-state index < -0.39 is 0 Å². The fraction of sp³-hybridized carbons (Fsp3) is 0.258. The van der Waals surface area contributed by atoms with Gasteiger partial charge in [-0.15, -0.1) is 0 Å². The second-order valence-electron chi connectivity index (χ2n) is 8.89. The number of nitriles is 1. The van der Waals surface area contributed by atoms with Gasteiger partial charge in [-0.05, 0) is 65.3 Å². The first-order valence-electron chi connectivity index (χ1n) is 12.4. The van der Waals surface area contributed by atoms with E-state index >= 15 is 0 Å². The third-order valence-electron chi connectivity index (χ3n) is 6.49. The van der Waals surface area contributed by atoms with Crippen molar-refractivity contribution in [2.24, 2.45) is 4.99 Å². The Morgan fingerprint density at radius 2 is 1.81 bits per heavy atom. The van der Waals surface area contributed by atoms with Crippen LogP contribution in [0.15, 0.2) is 89.1 Å². The van der Waals surface area contributed by atoms with Crippen LogP contribution in [0.25, 0.3) is 11.1 Å². The molecule has 5 nitrogen and oxygen atoms in total. The highest BCUT2D eigenvalue weighted by Gasteiger charge is 2.25. The number of carbonyl (C=O) groups excluding carboxylic acids is 1. The molecule has 0 aromatic heterocycles. The molecule has 1 aliphatic heterocycles. The van der Waals surface area contributed by atoms with Crippen LogP contribution in [0.4, 0.5) is 0 Å². The molecule has 3 aromatic carbocycles. The first kappa shape index (κ1) is 24.9. The lowest BCUT2D eigenvalue weighted by molar-refractivity contribution is -0.106. The number of nitrogens with one attached hydrogen (secondary N) is 1. The number of carbonyl (C=O) groups is 1. The summed E-state index contributed by atoms with van der Waals surface area (Å²) in [5.74, 6) is 1.51. The number of unbranched alkanes of at least 4 members (excludes halogenated alkanes) is 1. The number of ether oxygens (including phenoxy) is 1. The molecule has 1 N–H and O–H groups in total. The molecule has 0 aliphatic carbocycles. The maximum atomic E-state index is 11.3. The van der Waals surface area contributed by atoms with Gasteiger partial charge in [0.25, 0.3) is 0 Å². The number of benzene rings is 3. The van der Waals surface area contributed by atoms with Crippen molar-refractivity contribution in [3.8, 4) is 22.9 Å². The summed E-state index contributed by atoms with van der Waals surface area (Å²) in [6, 6.07) is 26.2. The summed E-state index contributed by atoms with van der Waals surface area (Å²) >= 11 is 0. The number of allylic oxidation sites excluding steroid dienone is 1. The van der Waals surface area contributed by atoms with Gasteiger partial charge in [0, 0.05) is 5.70 Å². The third-order valence-corrected chi connectivity index (χ3v) is 6.49. The number of amidine groups is 1. The van der Waals surface area contributed by atoms with Crippen LogP contribution in [0.3, 0.4) is 0 Å². The molecule has 0 bridgehead atoms. The first-order valence-corrected chi connectivity index (χ1v) is 12.4. The van der Waals surface area contributed by atoms with Gasteiger partial charge in [0.1, 0.15) is 23.9 Å². The number of nitrogens with zero attached hydrogens (tertiary/aromatic N) is 2. The van der Waals surface area contributed by atoms with Gasteiger partial charge in [-0.25, -0.2) is 0 Å². The number of rotatable bonds is 10. The van der Waals surface area contributed by atoms with Crippen molar-refractivity contribution in [3.05, 3.63) is 101 Å². The largest absolute Gasteiger partial charge is 0.497 e. The van der Waals surface area contributed by atoms with Crippen molar-refractivity contribution in [2.45, 2.75) is 45.1 Å². The fourth-order valence-electron chi connectivity index (χ4n) is 4.56. The average Bonchev–Trinajstić information content (AvgIpc) is 2.93. The molecule has 182 valence electrons. The van der Waals surface area contributed by atoms with E-state index in [0.717, 1.165) is 60.1 Å². The van der Waals surface area contributed by atoms with Gasteiger partial charge >= 0.3 is 0 Å². The van der Waals surface area contributed by atoms with Gasteiger partial charge in [-0.3, -0.25) is 4.99 Å². The van der Waals surface area contributed by atoms with Gasteiger partial charge in [0.05, 0.1) is 25.2 Å². The standard InChI is InChI=1S/C31H31N3O2/c1-3-4-9-29-28(20-22-10-12-23(13-11-22)27-8-6-5-7-25(27)21-32)31(34-30(33-29)18-19-35)24-14-16-26(36-2)17-15-24/h5-8,10-17,19,31H,3-4,9,18,20H2,1-2H3,(H,33,34). The summed E-state index contributed by atoms with van der Waals surface area (Å²) in [6.07, 6.45) is 4.95. The van der Waals surface area contributed by atoms with Crippen LogP contribution in [0.2, 0.25) is 0 Å². The molecule has 0 saturated carbocycles. The molecule has 5 heteroatoms. The summed E-state index contributed by atoms with van der Waals surface area (Å²) in [5.41, 5.74) is 7.25. The molecule has 0 radical (unpaired) electrons. The molecule has 0 saturated heterocycles. The minimum Gasteiger partial charge on any atom is -0.497 e. The molecule has 1 aliphatic rings. The zero-order chi connectivity index (χ0) is 25.3. The van der Waals surface area contributed by atoms with Crippen LogP contribution < -0.4 is 10.1 Å². The van der Waals surface area contributed by atoms with Crippen LogP contribution in [0.5, 0.6) is 5.75 Å². The molecule has 0 spiro atoms. The van der Waals surface area contributed by atoms with E-state index in [4.69, 9.17) is 9.73 Å². The lowest BCUT2D eigenvalue weighted by atomic mass is 9.88. The highest BCUT2D eigenvalue weighted by molar-refractivity contribution is 5.94. The Hall–Kier alpha value is -4.17. The summed E-state index contributed by atoms with van der Waals surface area (Å²) in [7, 11) is 1.66. The zero-order valence-electron chi connectivity index (χ0n) is 20.8. The highest BCUT2D eigenvalue weighted by Crippen LogP contribution is 2.36. The Morgan fingerprint density at radius 3 is 2.47 bits per heavy atom. The monoisotopic (exact) mass is 477 g/mol. The van der Waals surface area contributed by atoms with E-state index in [9.17, 15) is 10.1 Å². The second-order valence-corrected chi connectivity index (χ2v) is 8.89. The van der Waals surface area contributed by atoms with E-state index in [-0.39, 0.29) is 12.5 Å². The normalized spacial score (nSPS) is 15.0. The van der Waals surface area contributed by atoms with E-state index in [1.807, 2.05) is 36.4 Å². The Kier molecular flexibility index (Phi) is 8.31. The lowest BCUT2D eigenvalue weighted by Gasteiger charge is -2.29. The predicted molar refractivity (Wildman–Crippen MR) is 144 cm³/mol. The van der Waals surface area contributed by atoms with E-state index in [2.05, 4.69) is 54.7 Å². The summed E-state index contributed by atoms with van der Waals surface area (Å²) in [4.78, 5) is 16.3. The molecular formula is C31H31N3O2. The van der Waals surface area contributed by atoms with Crippen molar-refractivity contribution >= 4 is 12.1 Å². The number of hydrogen-bond acceptors (Lipinski definition) is 5. The number of aldehydes is 1. The number of methoxy groups -OCH3 is 1. The van der Waals surface area contributed by atoms with E-state index in [1.54, 1.807) is 7.11 Å². The molecule has 1 atom stereocenters. The van der Waals surface area contributed by atoms with Crippen LogP contribution in [-0.2, 0) is 11.2 Å². The molecule has 0 amide bonds.